The lowest BCUT2D eigenvalue weighted by atomic mass is 10.2. The zero-order chi connectivity index (χ0) is 18.5. The van der Waals surface area contributed by atoms with Gasteiger partial charge in [-0.05, 0) is 55.5 Å². The number of benzene rings is 2. The van der Waals surface area contributed by atoms with Crippen molar-refractivity contribution < 1.29 is 19.1 Å². The molecule has 6 nitrogen and oxygen atoms in total. The van der Waals surface area contributed by atoms with Crippen molar-refractivity contribution >= 4 is 17.5 Å². The molecule has 1 unspecified atom stereocenters. The van der Waals surface area contributed by atoms with Crippen LogP contribution in [0.3, 0.4) is 0 Å². The molecule has 1 heterocycles. The fourth-order valence-corrected chi connectivity index (χ4v) is 2.95. The van der Waals surface area contributed by atoms with Crippen LogP contribution in [0, 0.1) is 0 Å². The summed E-state index contributed by atoms with van der Waals surface area (Å²) in [5.74, 6) is 1.26. The lowest BCUT2D eigenvalue weighted by Crippen LogP contribution is -2.37. The van der Waals surface area contributed by atoms with Crippen LogP contribution in [0.1, 0.15) is 23.7 Å². The highest BCUT2D eigenvalue weighted by atomic mass is 16.5. The van der Waals surface area contributed by atoms with Crippen molar-refractivity contribution in [1.29, 1.82) is 0 Å². The first-order chi connectivity index (χ1) is 12.6. The molecule has 1 aliphatic heterocycles. The molecule has 2 amide bonds. The summed E-state index contributed by atoms with van der Waals surface area (Å²) < 4.78 is 10.5. The van der Waals surface area contributed by atoms with Crippen molar-refractivity contribution in [2.45, 2.75) is 19.4 Å². The van der Waals surface area contributed by atoms with Crippen LogP contribution in [0.15, 0.2) is 48.5 Å². The molecule has 0 aliphatic carbocycles. The molecule has 1 aliphatic rings. The third-order valence-corrected chi connectivity index (χ3v) is 4.27. The van der Waals surface area contributed by atoms with Gasteiger partial charge in [-0.3, -0.25) is 9.59 Å². The van der Waals surface area contributed by atoms with Gasteiger partial charge in [0.25, 0.3) is 5.91 Å². The quantitative estimate of drug-likeness (QED) is 0.866. The Morgan fingerprint density at radius 3 is 2.38 bits per heavy atom. The van der Waals surface area contributed by atoms with Gasteiger partial charge in [-0.15, -0.1) is 0 Å². The minimum atomic E-state index is -0.219. The highest BCUT2D eigenvalue weighted by Crippen LogP contribution is 2.24. The number of rotatable bonds is 6. The number of hydrogen-bond donors (Lipinski definition) is 1. The van der Waals surface area contributed by atoms with Crippen molar-refractivity contribution in [3.05, 3.63) is 54.1 Å². The van der Waals surface area contributed by atoms with Crippen LogP contribution in [0.2, 0.25) is 0 Å². The van der Waals surface area contributed by atoms with E-state index in [2.05, 4.69) is 5.32 Å². The smallest absolute Gasteiger partial charge is 0.251 e. The molecule has 1 N–H and O–H groups in total. The Bertz CT molecular complexity index is 771. The van der Waals surface area contributed by atoms with E-state index < -0.39 is 0 Å². The van der Waals surface area contributed by atoms with Gasteiger partial charge < -0.3 is 19.7 Å². The van der Waals surface area contributed by atoms with Crippen molar-refractivity contribution in [2.24, 2.45) is 0 Å². The number of nitrogens with zero attached hydrogens (tertiary/aromatic N) is 1. The summed E-state index contributed by atoms with van der Waals surface area (Å²) in [6.45, 7) is 2.94. The maximum atomic E-state index is 12.4. The van der Waals surface area contributed by atoms with Crippen LogP contribution in [0.25, 0.3) is 0 Å². The second-order valence-electron chi connectivity index (χ2n) is 6.03. The summed E-state index contributed by atoms with van der Waals surface area (Å²) in [6, 6.07) is 14.1. The molecule has 1 atom stereocenters. The van der Waals surface area contributed by atoms with E-state index in [0.29, 0.717) is 18.7 Å². The van der Waals surface area contributed by atoms with Crippen molar-refractivity contribution in [2.75, 3.05) is 25.2 Å². The molecule has 3 rings (SSSR count). The average molecular weight is 354 g/mol. The first-order valence-electron chi connectivity index (χ1n) is 8.59. The first kappa shape index (κ1) is 17.8. The average Bonchev–Trinajstić information content (AvgIpc) is 3.02. The minimum Gasteiger partial charge on any atom is -0.497 e. The summed E-state index contributed by atoms with van der Waals surface area (Å²) in [5, 5.41) is 2.93. The van der Waals surface area contributed by atoms with E-state index in [1.807, 2.05) is 31.2 Å². The standard InChI is InChI=1S/C20H22N2O4/c1-3-26-18-8-4-14(5-9-18)20(24)21-15-12-19(23)22(13-15)16-6-10-17(25-2)11-7-16/h4-11,15H,3,12-13H2,1-2H3,(H,21,24). The summed E-state index contributed by atoms with van der Waals surface area (Å²) in [7, 11) is 1.60. The monoisotopic (exact) mass is 354 g/mol. The molecule has 0 radical (unpaired) electrons. The highest BCUT2D eigenvalue weighted by molar-refractivity contribution is 5.99. The lowest BCUT2D eigenvalue weighted by Gasteiger charge is -2.17. The number of carbonyl (C=O) groups excluding carboxylic acids is 2. The van der Waals surface area contributed by atoms with E-state index in [0.717, 1.165) is 17.2 Å². The molecule has 0 spiro atoms. The normalized spacial score (nSPS) is 16.5. The SMILES string of the molecule is CCOc1ccc(C(=O)NC2CC(=O)N(c3ccc(OC)cc3)C2)cc1. The Labute approximate surface area is 152 Å². The predicted molar refractivity (Wildman–Crippen MR) is 98.8 cm³/mol. The Hall–Kier alpha value is -3.02. The van der Waals surface area contributed by atoms with E-state index >= 15 is 0 Å². The predicted octanol–water partition coefficient (Wildman–Crippen LogP) is 2.63. The zero-order valence-electron chi connectivity index (χ0n) is 14.9. The van der Waals surface area contributed by atoms with Crippen molar-refractivity contribution in [3.8, 4) is 11.5 Å². The molecular formula is C20H22N2O4. The van der Waals surface area contributed by atoms with Gasteiger partial charge in [0.05, 0.1) is 19.8 Å². The van der Waals surface area contributed by atoms with Gasteiger partial charge >= 0.3 is 0 Å². The molecule has 1 saturated heterocycles. The van der Waals surface area contributed by atoms with E-state index in [1.165, 1.54) is 0 Å². The van der Waals surface area contributed by atoms with Gasteiger partial charge in [0.1, 0.15) is 11.5 Å². The van der Waals surface area contributed by atoms with Crippen LogP contribution in [-0.2, 0) is 4.79 Å². The second-order valence-corrected chi connectivity index (χ2v) is 6.03. The van der Waals surface area contributed by atoms with Crippen molar-refractivity contribution in [3.63, 3.8) is 0 Å². The summed E-state index contributed by atoms with van der Waals surface area (Å²) in [4.78, 5) is 26.4. The zero-order valence-corrected chi connectivity index (χ0v) is 14.9. The summed E-state index contributed by atoms with van der Waals surface area (Å²) in [5.41, 5.74) is 1.34. The number of nitrogens with one attached hydrogen (secondary N) is 1. The van der Waals surface area contributed by atoms with Crippen LogP contribution in [0.4, 0.5) is 5.69 Å². The molecule has 6 heteroatoms. The number of anilines is 1. The number of methoxy groups -OCH3 is 1. The third kappa shape index (κ3) is 3.96. The van der Waals surface area contributed by atoms with Crippen LogP contribution in [-0.4, -0.2) is 38.1 Å². The van der Waals surface area contributed by atoms with Crippen LogP contribution >= 0.6 is 0 Å². The molecule has 2 aromatic rings. The largest absolute Gasteiger partial charge is 0.497 e. The minimum absolute atomic E-state index is 0.00726. The summed E-state index contributed by atoms with van der Waals surface area (Å²) >= 11 is 0. The maximum Gasteiger partial charge on any atom is 0.251 e. The molecule has 2 aromatic carbocycles. The van der Waals surface area contributed by atoms with E-state index in [4.69, 9.17) is 9.47 Å². The van der Waals surface area contributed by atoms with Gasteiger partial charge in [0.2, 0.25) is 5.91 Å². The van der Waals surface area contributed by atoms with Gasteiger partial charge in [-0.2, -0.15) is 0 Å². The van der Waals surface area contributed by atoms with Gasteiger partial charge in [0, 0.05) is 24.2 Å². The van der Waals surface area contributed by atoms with Gasteiger partial charge in [0.15, 0.2) is 0 Å². The molecule has 136 valence electrons. The third-order valence-electron chi connectivity index (χ3n) is 4.27. The number of ether oxygens (including phenoxy) is 2. The van der Waals surface area contributed by atoms with E-state index in [9.17, 15) is 9.59 Å². The molecule has 0 saturated carbocycles. The molecule has 0 bridgehead atoms. The Balaban J connectivity index is 1.62. The van der Waals surface area contributed by atoms with Crippen LogP contribution in [0.5, 0.6) is 11.5 Å². The first-order valence-corrected chi connectivity index (χ1v) is 8.59. The van der Waals surface area contributed by atoms with Crippen molar-refractivity contribution in [1.82, 2.24) is 5.32 Å². The molecule has 0 aromatic heterocycles. The topological polar surface area (TPSA) is 67.9 Å². The summed E-state index contributed by atoms with van der Waals surface area (Å²) in [6.07, 6.45) is 0.287. The van der Waals surface area contributed by atoms with Gasteiger partial charge in [-0.25, -0.2) is 0 Å². The molecular weight excluding hydrogens is 332 g/mol. The number of hydrogen-bond acceptors (Lipinski definition) is 4. The highest BCUT2D eigenvalue weighted by Gasteiger charge is 2.31. The van der Waals surface area contributed by atoms with Crippen LogP contribution < -0.4 is 19.7 Å². The fraction of sp³-hybridized carbons (Fsp3) is 0.300. The van der Waals surface area contributed by atoms with E-state index in [1.54, 1.807) is 36.3 Å². The second kappa shape index (κ2) is 7.91. The Morgan fingerprint density at radius 2 is 1.77 bits per heavy atom. The maximum absolute atomic E-state index is 12.4. The number of carbonyl (C=O) groups is 2. The van der Waals surface area contributed by atoms with Gasteiger partial charge in [-0.1, -0.05) is 0 Å². The molecule has 26 heavy (non-hydrogen) atoms. The fourth-order valence-electron chi connectivity index (χ4n) is 2.95. The van der Waals surface area contributed by atoms with E-state index in [-0.39, 0.29) is 24.3 Å². The Morgan fingerprint density at radius 1 is 1.12 bits per heavy atom. The lowest BCUT2D eigenvalue weighted by molar-refractivity contribution is -0.117. The molecule has 1 fully saturated rings. The number of amides is 2. The Kier molecular flexibility index (Phi) is 5.41.